The number of likely N-dealkylation sites (N-methyl/N-ethyl adjacent to an activating group) is 1. The summed E-state index contributed by atoms with van der Waals surface area (Å²) in [5, 5.41) is 28.3. The number of amides is 3. The van der Waals surface area contributed by atoms with Crippen LogP contribution >= 0.6 is 11.3 Å². The summed E-state index contributed by atoms with van der Waals surface area (Å²) >= 11 is 1.27. The van der Waals surface area contributed by atoms with Gasteiger partial charge < -0.3 is 35.2 Å². The number of nitrogens with zero attached hydrogens (tertiary/aromatic N) is 3. The highest BCUT2D eigenvalue weighted by atomic mass is 32.1. The summed E-state index contributed by atoms with van der Waals surface area (Å²) in [5.41, 5.74) is 2.44. The minimum Gasteiger partial charge on any atom is -0.508 e. The molecule has 0 saturated carbocycles. The van der Waals surface area contributed by atoms with E-state index in [-0.39, 0.29) is 60.4 Å². The molecule has 0 spiro atoms. The largest absolute Gasteiger partial charge is 0.508 e. The van der Waals surface area contributed by atoms with Crippen LogP contribution in [-0.2, 0) is 36.8 Å². The Balaban J connectivity index is 1.40. The van der Waals surface area contributed by atoms with Crippen molar-refractivity contribution >= 4 is 35.0 Å². The summed E-state index contributed by atoms with van der Waals surface area (Å²) in [7, 11) is 3.49. The maximum absolute atomic E-state index is 15.0. The molecule has 3 aromatic rings. The van der Waals surface area contributed by atoms with Crippen molar-refractivity contribution in [1.82, 2.24) is 25.4 Å². The van der Waals surface area contributed by atoms with E-state index >= 15 is 0 Å². The zero-order chi connectivity index (χ0) is 41.2. The van der Waals surface area contributed by atoms with Crippen LogP contribution in [0.3, 0.4) is 0 Å². The number of hydrogen-bond acceptors (Lipinski definition) is 10. The van der Waals surface area contributed by atoms with Gasteiger partial charge in [-0.2, -0.15) is 0 Å². The number of ether oxygens (including phenoxy) is 2. The van der Waals surface area contributed by atoms with Gasteiger partial charge in [0, 0.05) is 37.5 Å². The van der Waals surface area contributed by atoms with Gasteiger partial charge in [-0.05, 0) is 79.9 Å². The highest BCUT2D eigenvalue weighted by Crippen LogP contribution is 2.35. The number of phenols is 1. The highest BCUT2D eigenvalue weighted by Gasteiger charge is 2.39. The first-order valence-electron chi connectivity index (χ1n) is 20.1. The third-order valence-corrected chi connectivity index (χ3v) is 12.4. The van der Waals surface area contributed by atoms with Crippen LogP contribution in [0.4, 0.5) is 0 Å². The third kappa shape index (κ3) is 11.2. The molecule has 0 radical (unpaired) electrons. The number of hydrogen-bond donors (Lipinski definition) is 4. The van der Waals surface area contributed by atoms with E-state index in [1.54, 1.807) is 11.4 Å². The van der Waals surface area contributed by atoms with Crippen LogP contribution in [0, 0.1) is 11.8 Å². The molecule has 1 aromatic heterocycles. The lowest BCUT2D eigenvalue weighted by atomic mass is 9.80. The van der Waals surface area contributed by atoms with Crippen LogP contribution in [0.25, 0.3) is 0 Å². The number of rotatable bonds is 18. The second kappa shape index (κ2) is 20.4. The molecule has 1 aliphatic heterocycles. The fraction of sp³-hybridized carbons (Fsp3) is 0.558. The summed E-state index contributed by atoms with van der Waals surface area (Å²) in [6.45, 7) is 9.27. The number of aromatic nitrogens is 1. The van der Waals surface area contributed by atoms with E-state index in [1.807, 2.05) is 56.1 Å². The maximum atomic E-state index is 15.0. The fourth-order valence-corrected chi connectivity index (χ4v) is 8.88. The van der Waals surface area contributed by atoms with Crippen molar-refractivity contribution in [2.24, 2.45) is 11.8 Å². The summed E-state index contributed by atoms with van der Waals surface area (Å²) < 4.78 is 11.6. The van der Waals surface area contributed by atoms with Crippen molar-refractivity contribution in [1.29, 1.82) is 0 Å². The molecule has 57 heavy (non-hydrogen) atoms. The molecular weight excluding hydrogens is 747 g/mol. The summed E-state index contributed by atoms with van der Waals surface area (Å²) in [4.78, 5) is 63.2. The normalized spacial score (nSPS) is 20.5. The molecule has 2 aliphatic rings. The molecule has 3 unspecified atom stereocenters. The highest BCUT2D eigenvalue weighted by molar-refractivity contribution is 7.09. The van der Waals surface area contributed by atoms with Crippen LogP contribution in [0.5, 0.6) is 5.75 Å². The topological polar surface area (TPSA) is 171 Å². The molecule has 310 valence electrons. The first kappa shape index (κ1) is 43.7. The molecule has 0 bridgehead atoms. The van der Waals surface area contributed by atoms with Gasteiger partial charge in [-0.15, -0.1) is 11.3 Å². The standard InChI is InChI=1S/C43H59N5O8S/c1-7-27(4)38(46-40(51)35-15-11-12-18-47(35)5)42(52)48(23-28-13-9-8-10-14-28)36(26(2)3)22-37(56-25-55-6)41-45-34(24-57-41)39(50)44-30-19-29-16-17-31(49)21-32(29)33(20-30)43(53)54/h8-10,13-14,16-17,21,24,26-27,30,33,35-38,49H,7,11-12,15,18-20,22-23,25H2,1-6H3,(H,44,50)(H,46,51)(H,53,54)/t27?,30-,33+,35?,36+,37+,38?/m0/s1. The fourth-order valence-electron chi connectivity index (χ4n) is 8.02. The van der Waals surface area contributed by atoms with Gasteiger partial charge in [-0.25, -0.2) is 4.98 Å². The quantitative estimate of drug-likeness (QED) is 0.114. The lowest BCUT2D eigenvalue weighted by molar-refractivity contribution is -0.144. The van der Waals surface area contributed by atoms with E-state index in [0.29, 0.717) is 36.4 Å². The number of fused-ring (bicyclic) bond motifs is 1. The van der Waals surface area contributed by atoms with Gasteiger partial charge in [0.1, 0.15) is 35.4 Å². The van der Waals surface area contributed by atoms with Gasteiger partial charge in [0.2, 0.25) is 11.8 Å². The second-order valence-corrected chi connectivity index (χ2v) is 16.8. The van der Waals surface area contributed by atoms with Crippen molar-refractivity contribution in [2.75, 3.05) is 27.5 Å². The van der Waals surface area contributed by atoms with E-state index in [4.69, 9.17) is 14.5 Å². The van der Waals surface area contributed by atoms with E-state index in [9.17, 15) is 29.4 Å². The Hall–Kier alpha value is -4.37. The van der Waals surface area contributed by atoms with Gasteiger partial charge >= 0.3 is 5.97 Å². The van der Waals surface area contributed by atoms with Crippen molar-refractivity contribution in [2.45, 2.75) is 115 Å². The Bertz CT molecular complexity index is 1820. The minimum atomic E-state index is -1.02. The molecule has 1 fully saturated rings. The first-order chi connectivity index (χ1) is 27.3. The average Bonchev–Trinajstić information content (AvgIpc) is 3.69. The molecule has 1 aliphatic carbocycles. The zero-order valence-electron chi connectivity index (χ0n) is 34.0. The number of methoxy groups -OCH3 is 1. The number of carboxylic acid groups (broad SMARTS) is 1. The smallest absolute Gasteiger partial charge is 0.311 e. The summed E-state index contributed by atoms with van der Waals surface area (Å²) in [5.74, 6) is -2.78. The Morgan fingerprint density at radius 3 is 2.51 bits per heavy atom. The number of thiazole rings is 1. The molecule has 3 amide bonds. The maximum Gasteiger partial charge on any atom is 0.311 e. The monoisotopic (exact) mass is 805 g/mol. The molecule has 2 aromatic carbocycles. The van der Waals surface area contributed by atoms with E-state index in [1.165, 1.54) is 30.6 Å². The summed E-state index contributed by atoms with van der Waals surface area (Å²) in [6, 6.07) is 12.7. The predicted molar refractivity (Wildman–Crippen MR) is 218 cm³/mol. The number of aliphatic carboxylic acids is 1. The van der Waals surface area contributed by atoms with Crippen LogP contribution in [0.2, 0.25) is 0 Å². The molecular formula is C43H59N5O8S. The van der Waals surface area contributed by atoms with Crippen LogP contribution in [-0.4, -0.2) is 100 Å². The number of likely N-dealkylation sites (tertiary alicyclic amines) is 1. The van der Waals surface area contributed by atoms with E-state index in [2.05, 4.69) is 29.4 Å². The zero-order valence-corrected chi connectivity index (χ0v) is 34.8. The molecule has 7 atom stereocenters. The van der Waals surface area contributed by atoms with Gasteiger partial charge in [0.05, 0.1) is 12.0 Å². The lowest BCUT2D eigenvalue weighted by Crippen LogP contribution is -2.58. The Morgan fingerprint density at radius 1 is 1.09 bits per heavy atom. The second-order valence-electron chi connectivity index (χ2n) is 15.9. The van der Waals surface area contributed by atoms with Crippen molar-refractivity contribution in [3.63, 3.8) is 0 Å². The number of nitrogens with one attached hydrogen (secondary N) is 2. The number of benzene rings is 2. The number of phenolic OH excluding ortho intramolecular Hbond substituents is 1. The van der Waals surface area contributed by atoms with Gasteiger partial charge in [0.25, 0.3) is 5.91 Å². The number of carbonyl (C=O) groups excluding carboxylic acids is 3. The van der Waals surface area contributed by atoms with Gasteiger partial charge in [0.15, 0.2) is 0 Å². The van der Waals surface area contributed by atoms with Gasteiger partial charge in [-0.1, -0.05) is 76.9 Å². The Kier molecular flexibility index (Phi) is 15.6. The van der Waals surface area contributed by atoms with Crippen LogP contribution in [0.15, 0.2) is 53.9 Å². The van der Waals surface area contributed by atoms with Gasteiger partial charge in [-0.3, -0.25) is 24.1 Å². The third-order valence-electron chi connectivity index (χ3n) is 11.5. The van der Waals surface area contributed by atoms with Crippen LogP contribution < -0.4 is 10.6 Å². The Morgan fingerprint density at radius 2 is 1.84 bits per heavy atom. The van der Waals surface area contributed by atoms with Crippen molar-refractivity contribution in [3.8, 4) is 5.75 Å². The number of piperidine rings is 1. The van der Waals surface area contributed by atoms with Crippen molar-refractivity contribution in [3.05, 3.63) is 81.3 Å². The SMILES string of the molecule is CCC(C)C(NC(=O)C1CCCCN1C)C(=O)N(Cc1ccccc1)[C@H](C[C@@H](OCOC)c1nc(C(=O)N[C@H]2Cc3ccc(O)cc3[C@H](C(=O)O)C2)cs1)C(C)C. The van der Waals surface area contributed by atoms with E-state index in [0.717, 1.165) is 36.9 Å². The molecule has 14 heteroatoms. The summed E-state index contributed by atoms with van der Waals surface area (Å²) in [6.07, 6.45) is 3.74. The molecule has 4 N–H and O–H groups in total. The average molecular weight is 806 g/mol. The molecule has 2 heterocycles. The van der Waals surface area contributed by atoms with Crippen LogP contribution in [0.1, 0.15) is 110 Å². The molecule has 5 rings (SSSR count). The number of carboxylic acids is 1. The Labute approximate surface area is 340 Å². The predicted octanol–water partition coefficient (Wildman–Crippen LogP) is 5.88. The molecule has 13 nitrogen and oxygen atoms in total. The molecule has 1 saturated heterocycles. The van der Waals surface area contributed by atoms with E-state index < -0.39 is 36.0 Å². The lowest BCUT2D eigenvalue weighted by Gasteiger charge is -2.40. The first-order valence-corrected chi connectivity index (χ1v) is 21.0. The number of aromatic hydroxyl groups is 1. The minimum absolute atomic E-state index is 0.000197. The van der Waals surface area contributed by atoms with Crippen molar-refractivity contribution < 1.29 is 38.9 Å². The number of carbonyl (C=O) groups is 4.